The molecule has 0 aliphatic heterocycles. The minimum Gasteiger partial charge on any atom is -0.481 e. The van der Waals surface area contributed by atoms with Crippen LogP contribution < -0.4 is 0 Å². The van der Waals surface area contributed by atoms with Gasteiger partial charge in [-0.25, -0.2) is 0 Å². The molecule has 1 aromatic carbocycles. The SMILES string of the molecule is COCc1cccc([C@@H]2[C@@H](C(=O)O)C2(C)C)c1. The van der Waals surface area contributed by atoms with Crippen molar-refractivity contribution in [2.75, 3.05) is 7.11 Å². The van der Waals surface area contributed by atoms with Crippen LogP contribution >= 0.6 is 0 Å². The number of carboxylic acids is 1. The monoisotopic (exact) mass is 234 g/mol. The van der Waals surface area contributed by atoms with Crippen LogP contribution in [-0.4, -0.2) is 18.2 Å². The summed E-state index contributed by atoms with van der Waals surface area (Å²) in [5.74, 6) is -0.839. The molecule has 3 heteroatoms. The number of methoxy groups -OCH3 is 1. The summed E-state index contributed by atoms with van der Waals surface area (Å²) in [7, 11) is 1.66. The van der Waals surface area contributed by atoms with Crippen LogP contribution in [0.5, 0.6) is 0 Å². The van der Waals surface area contributed by atoms with E-state index >= 15 is 0 Å². The number of ether oxygens (including phenoxy) is 1. The summed E-state index contributed by atoms with van der Waals surface area (Å²) < 4.78 is 5.09. The van der Waals surface area contributed by atoms with Crippen molar-refractivity contribution >= 4 is 5.97 Å². The lowest BCUT2D eigenvalue weighted by Gasteiger charge is -2.05. The Morgan fingerprint density at radius 3 is 2.71 bits per heavy atom. The molecule has 1 aromatic rings. The maximum atomic E-state index is 11.1. The first-order chi connectivity index (χ1) is 7.98. The Morgan fingerprint density at radius 1 is 1.47 bits per heavy atom. The lowest BCUT2D eigenvalue weighted by molar-refractivity contribution is -0.139. The molecule has 0 unspecified atom stereocenters. The van der Waals surface area contributed by atoms with Gasteiger partial charge in [-0.3, -0.25) is 4.79 Å². The van der Waals surface area contributed by atoms with E-state index in [9.17, 15) is 4.79 Å². The van der Waals surface area contributed by atoms with E-state index in [1.54, 1.807) is 7.11 Å². The lowest BCUT2D eigenvalue weighted by atomic mass is 10.0. The smallest absolute Gasteiger partial charge is 0.307 e. The largest absolute Gasteiger partial charge is 0.481 e. The molecule has 0 aromatic heterocycles. The van der Waals surface area contributed by atoms with Gasteiger partial charge in [0.15, 0.2) is 0 Å². The van der Waals surface area contributed by atoms with Crippen LogP contribution in [0.2, 0.25) is 0 Å². The maximum Gasteiger partial charge on any atom is 0.307 e. The zero-order chi connectivity index (χ0) is 12.6. The zero-order valence-electron chi connectivity index (χ0n) is 10.4. The average molecular weight is 234 g/mol. The van der Waals surface area contributed by atoms with Gasteiger partial charge in [0.05, 0.1) is 12.5 Å². The van der Waals surface area contributed by atoms with E-state index in [1.807, 2.05) is 32.0 Å². The van der Waals surface area contributed by atoms with Crippen LogP contribution in [0.25, 0.3) is 0 Å². The van der Waals surface area contributed by atoms with Crippen molar-refractivity contribution in [3.63, 3.8) is 0 Å². The summed E-state index contributed by atoms with van der Waals surface area (Å²) in [5.41, 5.74) is 2.06. The van der Waals surface area contributed by atoms with Gasteiger partial charge < -0.3 is 9.84 Å². The first kappa shape index (κ1) is 12.1. The van der Waals surface area contributed by atoms with Crippen molar-refractivity contribution in [3.05, 3.63) is 35.4 Å². The van der Waals surface area contributed by atoms with Crippen LogP contribution in [0.1, 0.15) is 30.9 Å². The molecule has 1 fully saturated rings. The molecule has 1 N–H and O–H groups in total. The second-order valence-corrected chi connectivity index (χ2v) is 5.29. The van der Waals surface area contributed by atoms with Crippen LogP contribution in [0.3, 0.4) is 0 Å². The van der Waals surface area contributed by atoms with Crippen molar-refractivity contribution in [1.29, 1.82) is 0 Å². The summed E-state index contributed by atoms with van der Waals surface area (Å²) in [4.78, 5) is 11.1. The number of carboxylic acid groups (broad SMARTS) is 1. The predicted octanol–water partition coefficient (Wildman–Crippen LogP) is 2.66. The number of rotatable bonds is 4. The fraction of sp³-hybridized carbons (Fsp3) is 0.500. The molecule has 3 nitrogen and oxygen atoms in total. The fourth-order valence-electron chi connectivity index (χ4n) is 2.76. The second-order valence-electron chi connectivity index (χ2n) is 5.29. The number of benzene rings is 1. The highest BCUT2D eigenvalue weighted by atomic mass is 16.5. The Labute approximate surface area is 101 Å². The summed E-state index contributed by atoms with van der Waals surface area (Å²) in [6.45, 7) is 4.59. The molecule has 1 aliphatic rings. The van der Waals surface area contributed by atoms with Gasteiger partial charge in [-0.2, -0.15) is 0 Å². The zero-order valence-corrected chi connectivity index (χ0v) is 10.4. The highest BCUT2D eigenvalue weighted by molar-refractivity contribution is 5.77. The molecule has 1 saturated carbocycles. The highest BCUT2D eigenvalue weighted by Gasteiger charge is 2.62. The molecule has 0 saturated heterocycles. The van der Waals surface area contributed by atoms with Crippen molar-refractivity contribution in [1.82, 2.24) is 0 Å². The van der Waals surface area contributed by atoms with Crippen LogP contribution in [0.15, 0.2) is 24.3 Å². The minimum atomic E-state index is -0.697. The fourth-order valence-corrected chi connectivity index (χ4v) is 2.76. The Balaban J connectivity index is 2.24. The molecule has 0 amide bonds. The minimum absolute atomic E-state index is 0.122. The molecule has 17 heavy (non-hydrogen) atoms. The van der Waals surface area contributed by atoms with Crippen molar-refractivity contribution in [2.45, 2.75) is 26.4 Å². The maximum absolute atomic E-state index is 11.1. The molecule has 0 bridgehead atoms. The molecule has 92 valence electrons. The average Bonchev–Trinajstić information content (AvgIpc) is 2.83. The van der Waals surface area contributed by atoms with Crippen molar-refractivity contribution in [3.8, 4) is 0 Å². The quantitative estimate of drug-likeness (QED) is 0.871. The van der Waals surface area contributed by atoms with Crippen LogP contribution in [0.4, 0.5) is 0 Å². The molecular formula is C14H18O3. The van der Waals surface area contributed by atoms with Gasteiger partial charge in [-0.1, -0.05) is 38.1 Å². The summed E-state index contributed by atoms with van der Waals surface area (Å²) >= 11 is 0. The van der Waals surface area contributed by atoms with E-state index in [0.29, 0.717) is 6.61 Å². The van der Waals surface area contributed by atoms with Gasteiger partial charge in [-0.05, 0) is 16.5 Å². The van der Waals surface area contributed by atoms with Gasteiger partial charge in [0.25, 0.3) is 0 Å². The molecule has 0 radical (unpaired) electrons. The summed E-state index contributed by atoms with van der Waals surface area (Å²) in [5, 5.41) is 9.17. The molecule has 2 rings (SSSR count). The van der Waals surface area contributed by atoms with E-state index in [-0.39, 0.29) is 17.3 Å². The second kappa shape index (κ2) is 4.15. The Hall–Kier alpha value is -1.35. The van der Waals surface area contributed by atoms with Gasteiger partial charge in [0, 0.05) is 13.0 Å². The summed E-state index contributed by atoms with van der Waals surface area (Å²) in [6, 6.07) is 8.03. The molecule has 2 atom stereocenters. The standard InChI is InChI=1S/C14H18O3/c1-14(2)11(12(14)13(15)16)10-6-4-5-9(7-10)8-17-3/h4-7,11-12H,8H2,1-3H3,(H,15,16)/t11-,12+/m1/s1. The Morgan fingerprint density at radius 2 is 2.18 bits per heavy atom. The molecule has 1 aliphatic carbocycles. The number of carbonyl (C=O) groups is 1. The van der Waals surface area contributed by atoms with E-state index in [0.717, 1.165) is 11.1 Å². The number of hydrogen-bond acceptors (Lipinski definition) is 2. The third kappa shape index (κ3) is 2.07. The van der Waals surface area contributed by atoms with Crippen molar-refractivity contribution in [2.24, 2.45) is 11.3 Å². The number of hydrogen-bond donors (Lipinski definition) is 1. The summed E-state index contributed by atoms with van der Waals surface area (Å²) in [6.07, 6.45) is 0. The lowest BCUT2D eigenvalue weighted by Crippen LogP contribution is -2.03. The molecule has 0 heterocycles. The number of aliphatic carboxylic acids is 1. The van der Waals surface area contributed by atoms with Crippen molar-refractivity contribution < 1.29 is 14.6 Å². The van der Waals surface area contributed by atoms with E-state index < -0.39 is 5.97 Å². The van der Waals surface area contributed by atoms with Crippen LogP contribution in [0, 0.1) is 11.3 Å². The van der Waals surface area contributed by atoms with Gasteiger partial charge in [0.1, 0.15) is 0 Å². The van der Waals surface area contributed by atoms with Gasteiger partial charge in [-0.15, -0.1) is 0 Å². The predicted molar refractivity (Wildman–Crippen MR) is 64.8 cm³/mol. The molecule has 0 spiro atoms. The van der Waals surface area contributed by atoms with Crippen LogP contribution in [-0.2, 0) is 16.1 Å². The molecular weight excluding hydrogens is 216 g/mol. The Bertz CT molecular complexity index is 437. The van der Waals surface area contributed by atoms with E-state index in [2.05, 4.69) is 6.07 Å². The van der Waals surface area contributed by atoms with Gasteiger partial charge >= 0.3 is 5.97 Å². The van der Waals surface area contributed by atoms with Gasteiger partial charge in [0.2, 0.25) is 0 Å². The first-order valence-electron chi connectivity index (χ1n) is 5.79. The third-order valence-electron chi connectivity index (χ3n) is 3.71. The normalized spacial score (nSPS) is 25.6. The van der Waals surface area contributed by atoms with E-state index in [1.165, 1.54) is 0 Å². The van der Waals surface area contributed by atoms with E-state index in [4.69, 9.17) is 9.84 Å². The third-order valence-corrected chi connectivity index (χ3v) is 3.71. The first-order valence-corrected chi connectivity index (χ1v) is 5.79. The Kier molecular flexibility index (Phi) is 2.96. The highest BCUT2D eigenvalue weighted by Crippen LogP contribution is 2.64. The topological polar surface area (TPSA) is 46.5 Å².